The van der Waals surface area contributed by atoms with Crippen LogP contribution in [0.25, 0.3) is 11.0 Å². The molecule has 2 aromatic carbocycles. The number of methoxy groups -OCH3 is 1. The van der Waals surface area contributed by atoms with E-state index < -0.39 is 17.5 Å². The average Bonchev–Trinajstić information content (AvgIpc) is 2.78. The first kappa shape index (κ1) is 24.0. The van der Waals surface area contributed by atoms with Crippen LogP contribution < -0.4 is 20.4 Å². The number of carbonyl (C=O) groups excluding carboxylic acids is 2. The fraction of sp³-hybridized carbons (Fsp3) is 0.320. The van der Waals surface area contributed by atoms with Crippen LogP contribution in [-0.4, -0.2) is 38.7 Å². The maximum atomic E-state index is 12.3. The zero-order valence-corrected chi connectivity index (χ0v) is 19.2. The molecule has 0 unspecified atom stereocenters. The Labute approximate surface area is 191 Å². The molecule has 8 nitrogen and oxygen atoms in total. The lowest BCUT2D eigenvalue weighted by Gasteiger charge is -2.13. The minimum absolute atomic E-state index is 0.0954. The highest BCUT2D eigenvalue weighted by atomic mass is 16.6. The van der Waals surface area contributed by atoms with Crippen LogP contribution in [0.4, 0.5) is 0 Å². The molecule has 0 atom stereocenters. The maximum Gasteiger partial charge on any atom is 0.349 e. The van der Waals surface area contributed by atoms with E-state index in [0.29, 0.717) is 30.7 Å². The first-order valence-electron chi connectivity index (χ1n) is 10.6. The van der Waals surface area contributed by atoms with Gasteiger partial charge in [0.05, 0.1) is 0 Å². The fourth-order valence-corrected chi connectivity index (χ4v) is 3.27. The third-order valence-electron chi connectivity index (χ3n) is 5.20. The number of esters is 1. The lowest BCUT2D eigenvalue weighted by Crippen LogP contribution is -2.29. The van der Waals surface area contributed by atoms with Gasteiger partial charge in [0, 0.05) is 31.7 Å². The smallest absolute Gasteiger partial charge is 0.349 e. The van der Waals surface area contributed by atoms with Gasteiger partial charge in [0.2, 0.25) is 0 Å². The van der Waals surface area contributed by atoms with E-state index in [0.717, 1.165) is 16.7 Å². The van der Waals surface area contributed by atoms with Crippen LogP contribution in [-0.2, 0) is 9.53 Å². The molecule has 0 aliphatic heterocycles. The van der Waals surface area contributed by atoms with Crippen LogP contribution in [0.3, 0.4) is 0 Å². The fourth-order valence-electron chi connectivity index (χ4n) is 3.27. The van der Waals surface area contributed by atoms with E-state index in [4.69, 9.17) is 18.6 Å². The number of carbonyl (C=O) groups is 2. The molecule has 3 rings (SSSR count). The highest BCUT2D eigenvalue weighted by molar-refractivity contribution is 5.96. The van der Waals surface area contributed by atoms with Crippen molar-refractivity contribution in [2.24, 2.45) is 0 Å². The van der Waals surface area contributed by atoms with Crippen LogP contribution in [0.15, 0.2) is 45.6 Å². The van der Waals surface area contributed by atoms with E-state index in [2.05, 4.69) is 5.32 Å². The van der Waals surface area contributed by atoms with Gasteiger partial charge in [-0.3, -0.25) is 4.79 Å². The summed E-state index contributed by atoms with van der Waals surface area (Å²) < 4.78 is 21.2. The molecule has 3 aromatic rings. The lowest BCUT2D eigenvalue weighted by molar-refractivity contribution is -0.136. The zero-order chi connectivity index (χ0) is 24.0. The highest BCUT2D eigenvalue weighted by Gasteiger charge is 2.15. The number of aryl methyl sites for hydroxylation is 2. The summed E-state index contributed by atoms with van der Waals surface area (Å²) in [5.74, 6) is -0.251. The molecule has 0 spiro atoms. The van der Waals surface area contributed by atoms with Crippen molar-refractivity contribution in [2.45, 2.75) is 27.2 Å². The van der Waals surface area contributed by atoms with Crippen LogP contribution in [0.5, 0.6) is 11.5 Å². The Kier molecular flexibility index (Phi) is 7.84. The molecule has 1 N–H and O–H groups in total. The maximum absolute atomic E-state index is 12.3. The molecule has 0 fully saturated rings. The van der Waals surface area contributed by atoms with Crippen LogP contribution >= 0.6 is 0 Å². The minimum atomic E-state index is -0.774. The number of rotatable bonds is 9. The monoisotopic (exact) mass is 453 g/mol. The van der Waals surface area contributed by atoms with Crippen LogP contribution in [0.2, 0.25) is 0 Å². The van der Waals surface area contributed by atoms with E-state index in [1.165, 1.54) is 12.1 Å². The molecule has 0 aliphatic carbocycles. The second-order valence-corrected chi connectivity index (χ2v) is 7.67. The van der Waals surface area contributed by atoms with Crippen LogP contribution in [0, 0.1) is 20.8 Å². The largest absolute Gasteiger partial charge is 0.481 e. The third-order valence-corrected chi connectivity index (χ3v) is 5.20. The number of nitrogens with one attached hydrogen (secondary N) is 1. The number of amides is 1. The minimum Gasteiger partial charge on any atom is -0.481 e. The van der Waals surface area contributed by atoms with Crippen LogP contribution in [0.1, 0.15) is 33.5 Å². The summed E-state index contributed by atoms with van der Waals surface area (Å²) in [5.41, 5.74) is 2.29. The van der Waals surface area contributed by atoms with E-state index in [1.54, 1.807) is 19.2 Å². The molecule has 1 aromatic heterocycles. The first-order valence-corrected chi connectivity index (χ1v) is 10.6. The molecule has 0 saturated carbocycles. The van der Waals surface area contributed by atoms with Gasteiger partial charge in [-0.15, -0.1) is 0 Å². The Hall–Kier alpha value is -3.65. The van der Waals surface area contributed by atoms with Gasteiger partial charge in [0.15, 0.2) is 6.61 Å². The molecule has 1 amide bonds. The lowest BCUT2D eigenvalue weighted by atomic mass is 10.1. The number of benzene rings is 2. The molecule has 33 heavy (non-hydrogen) atoms. The number of hydrogen-bond donors (Lipinski definition) is 1. The van der Waals surface area contributed by atoms with Crippen molar-refractivity contribution < 1.29 is 28.2 Å². The van der Waals surface area contributed by atoms with Crippen molar-refractivity contribution >= 4 is 22.8 Å². The summed E-state index contributed by atoms with van der Waals surface area (Å²) in [6, 6.07) is 9.97. The van der Waals surface area contributed by atoms with Gasteiger partial charge in [-0.1, -0.05) is 12.1 Å². The summed E-state index contributed by atoms with van der Waals surface area (Å²) in [6.45, 7) is 6.43. The zero-order valence-electron chi connectivity index (χ0n) is 19.2. The Morgan fingerprint density at radius 3 is 2.55 bits per heavy atom. The number of ether oxygens (including phenoxy) is 3. The Balaban J connectivity index is 1.67. The van der Waals surface area contributed by atoms with Crippen molar-refractivity contribution in [2.75, 3.05) is 26.9 Å². The van der Waals surface area contributed by atoms with Crippen molar-refractivity contribution in [1.29, 1.82) is 0 Å². The summed E-state index contributed by atoms with van der Waals surface area (Å²) in [7, 11) is 1.57. The molecule has 8 heteroatoms. The topological polar surface area (TPSA) is 104 Å². The first-order chi connectivity index (χ1) is 15.8. The van der Waals surface area contributed by atoms with E-state index in [9.17, 15) is 14.4 Å². The average molecular weight is 453 g/mol. The SMILES string of the molecule is COCCCNC(=O)c1cc2ccc(OC(=O)COc3c(C)ccc(C)c3C)cc2oc1=O. The third kappa shape index (κ3) is 5.98. The second kappa shape index (κ2) is 10.8. The second-order valence-electron chi connectivity index (χ2n) is 7.67. The molecule has 0 saturated heterocycles. The van der Waals surface area contributed by atoms with Gasteiger partial charge >= 0.3 is 11.6 Å². The quantitative estimate of drug-likeness (QED) is 0.229. The Morgan fingerprint density at radius 1 is 1.03 bits per heavy atom. The molecule has 0 aliphatic rings. The summed E-state index contributed by atoms with van der Waals surface area (Å²) >= 11 is 0. The Morgan fingerprint density at radius 2 is 1.79 bits per heavy atom. The van der Waals surface area contributed by atoms with E-state index in [-0.39, 0.29) is 23.5 Å². The van der Waals surface area contributed by atoms with Crippen molar-refractivity contribution in [3.05, 3.63) is 69.1 Å². The van der Waals surface area contributed by atoms with E-state index >= 15 is 0 Å². The van der Waals surface area contributed by atoms with E-state index in [1.807, 2.05) is 32.9 Å². The molecule has 0 radical (unpaired) electrons. The molecule has 174 valence electrons. The molecular weight excluding hydrogens is 426 g/mol. The van der Waals surface area contributed by atoms with Crippen molar-refractivity contribution in [3.63, 3.8) is 0 Å². The van der Waals surface area contributed by atoms with Gasteiger partial charge in [-0.25, -0.2) is 9.59 Å². The summed E-state index contributed by atoms with van der Waals surface area (Å²) in [4.78, 5) is 36.8. The van der Waals surface area contributed by atoms with Crippen molar-refractivity contribution in [3.8, 4) is 11.5 Å². The number of hydrogen-bond acceptors (Lipinski definition) is 7. The summed E-state index contributed by atoms with van der Waals surface area (Å²) in [5, 5.41) is 3.18. The molecular formula is C25H27NO7. The standard InChI is InChI=1S/C25H27NO7/c1-15-6-7-16(2)23(17(15)3)31-14-22(27)32-19-9-8-18-12-20(25(29)33-21(18)13-19)24(28)26-10-5-11-30-4/h6-9,12-13H,5,10-11,14H2,1-4H3,(H,26,28). The van der Waals surface area contributed by atoms with Gasteiger partial charge in [-0.2, -0.15) is 0 Å². The predicted molar refractivity (Wildman–Crippen MR) is 123 cm³/mol. The van der Waals surface area contributed by atoms with Gasteiger partial charge in [0.1, 0.15) is 22.6 Å². The Bertz CT molecular complexity index is 1230. The van der Waals surface area contributed by atoms with Crippen molar-refractivity contribution in [1.82, 2.24) is 5.32 Å². The van der Waals surface area contributed by atoms with Gasteiger partial charge < -0.3 is 23.9 Å². The molecule has 1 heterocycles. The predicted octanol–water partition coefficient (Wildman–Crippen LogP) is 3.47. The molecule has 0 bridgehead atoms. The van der Waals surface area contributed by atoms with Gasteiger partial charge in [0.25, 0.3) is 5.91 Å². The van der Waals surface area contributed by atoms with Gasteiger partial charge in [-0.05, 0) is 62.1 Å². The highest BCUT2D eigenvalue weighted by Crippen LogP contribution is 2.26. The normalized spacial score (nSPS) is 10.8. The summed E-state index contributed by atoms with van der Waals surface area (Å²) in [6.07, 6.45) is 0.628. The number of fused-ring (bicyclic) bond motifs is 1.